The van der Waals surface area contributed by atoms with Crippen molar-refractivity contribution < 1.29 is 139 Å². The molecule has 0 rings (SSSR count). The number of halogens is 15. The molecule has 0 bridgehead atoms. The molecule has 0 heterocycles. The summed E-state index contributed by atoms with van der Waals surface area (Å²) in [5, 5.41) is 45.9. The highest BCUT2D eigenvalue weighted by molar-refractivity contribution is 5.77. The fraction of sp³-hybridized carbons (Fsp3) is 0.911. The van der Waals surface area contributed by atoms with Gasteiger partial charge in [0.25, 0.3) is 0 Å². The first kappa shape index (κ1) is 90.8. The van der Waals surface area contributed by atoms with E-state index in [1.54, 1.807) is 96.9 Å². The number of carbonyl (C=O) groups is 5. The Morgan fingerprint density at radius 1 is 0.349 bits per heavy atom. The number of esters is 5. The Kier molecular flexibility index (Phi) is 35.7. The second kappa shape index (κ2) is 33.8. The molecule has 0 aromatic rings. The van der Waals surface area contributed by atoms with Crippen LogP contribution >= 0.6 is 0 Å². The van der Waals surface area contributed by atoms with Crippen molar-refractivity contribution in [1.29, 1.82) is 0 Å². The molecular formula is C56H97F15O15. The van der Waals surface area contributed by atoms with Gasteiger partial charge in [0, 0.05) is 12.8 Å². The minimum Gasteiger partial charge on any atom is -0.465 e. The van der Waals surface area contributed by atoms with E-state index in [1.165, 1.54) is 6.92 Å². The van der Waals surface area contributed by atoms with Gasteiger partial charge in [-0.3, -0.25) is 24.0 Å². The summed E-state index contributed by atoms with van der Waals surface area (Å²) in [5.74, 6) is -3.05. The van der Waals surface area contributed by atoms with E-state index in [4.69, 9.17) is 29.5 Å². The van der Waals surface area contributed by atoms with E-state index in [0.717, 1.165) is 6.92 Å². The van der Waals surface area contributed by atoms with Crippen LogP contribution in [0.1, 0.15) is 210 Å². The molecule has 0 saturated heterocycles. The lowest BCUT2D eigenvalue weighted by molar-refractivity contribution is -0.283. The van der Waals surface area contributed by atoms with E-state index in [-0.39, 0.29) is 13.0 Å². The van der Waals surface area contributed by atoms with Crippen molar-refractivity contribution in [2.24, 2.45) is 27.1 Å². The van der Waals surface area contributed by atoms with Crippen molar-refractivity contribution in [3.63, 3.8) is 0 Å². The van der Waals surface area contributed by atoms with Crippen molar-refractivity contribution in [3.8, 4) is 0 Å². The van der Waals surface area contributed by atoms with E-state index >= 15 is 0 Å². The van der Waals surface area contributed by atoms with Gasteiger partial charge in [-0.25, -0.2) is 0 Å². The van der Waals surface area contributed by atoms with Crippen molar-refractivity contribution in [3.05, 3.63) is 0 Å². The van der Waals surface area contributed by atoms with Crippen LogP contribution in [0.2, 0.25) is 0 Å². The molecule has 0 fully saturated rings. The molecule has 516 valence electrons. The van der Waals surface area contributed by atoms with Gasteiger partial charge in [-0.1, -0.05) is 34.6 Å². The Bertz CT molecular complexity index is 2050. The van der Waals surface area contributed by atoms with Gasteiger partial charge in [-0.15, -0.1) is 0 Å². The molecule has 0 aliphatic heterocycles. The molecule has 15 nitrogen and oxygen atoms in total. The number of hydrogen-bond acceptors (Lipinski definition) is 15. The predicted octanol–water partition coefficient (Wildman–Crippen LogP) is 13.7. The normalized spacial score (nSPS) is 17.2. The Morgan fingerprint density at radius 2 is 0.616 bits per heavy atom. The van der Waals surface area contributed by atoms with Crippen LogP contribution in [-0.2, 0) is 47.7 Å². The number of hydrogen-bond donors (Lipinski definition) is 5. The van der Waals surface area contributed by atoms with E-state index < -0.39 is 160 Å². The minimum atomic E-state index is -4.84. The van der Waals surface area contributed by atoms with Crippen LogP contribution in [0, 0.1) is 27.1 Å². The molecular weight excluding hydrogens is 1200 g/mol. The third-order valence-corrected chi connectivity index (χ3v) is 14.6. The van der Waals surface area contributed by atoms with Gasteiger partial charge in [0.15, 0.2) is 28.0 Å². The SMILES string of the molecule is CCC(C)(C)C(=O)OC(C)C(C)(O)C(F)(F)F.CCC(C)(C)C(=O)OC(C)CC(C)(O)C(F)(F)F.CCC(C)(C)C(=O)OCC(C)(O)C(F)(F)F.CCC(C)(C)C(=O)OCCC(C)(O)C(F)(F)F.CCC(C)(C)C(=O)OCCCC(C)(O)C(F)(F)F. The first-order valence-corrected chi connectivity index (χ1v) is 27.4. The highest BCUT2D eigenvalue weighted by Gasteiger charge is 2.56. The van der Waals surface area contributed by atoms with Gasteiger partial charge in [0.1, 0.15) is 18.8 Å². The van der Waals surface area contributed by atoms with E-state index in [1.807, 2.05) is 6.92 Å². The standard InChI is InChI=1S/2C12H21F3O3.2C11H19F3O3.C10H17F3O3/c1-6-10(3,4)9(16)18-8(2)7-11(5,17)12(13,14)15;1-5-10(2,3)9(16)18-8-6-7-11(4,17)12(13,14)15;1-6-9(3,4)8(15)17-7(2)10(5,16)11(12,13)14;1-5-9(2,3)8(15)17-7-6-10(4,16)11(12,13)14;1-5-8(2,3)7(14)16-6-9(4,15)10(11,12)13/h8,17H,6-7H2,1-5H3;17H,5-8H2,1-4H3;7,16H,6H2,1-5H3;16H,5-7H2,1-4H3;15H,5-6H2,1-4H3. The van der Waals surface area contributed by atoms with Crippen LogP contribution in [0.5, 0.6) is 0 Å². The molecule has 0 aliphatic rings. The van der Waals surface area contributed by atoms with Gasteiger partial charge in [-0.2, -0.15) is 65.9 Å². The van der Waals surface area contributed by atoms with Crippen molar-refractivity contribution in [2.75, 3.05) is 19.8 Å². The lowest BCUT2D eigenvalue weighted by Gasteiger charge is -2.33. The van der Waals surface area contributed by atoms with Gasteiger partial charge in [0.2, 0.25) is 0 Å². The van der Waals surface area contributed by atoms with Crippen LogP contribution in [-0.4, -0.2) is 146 Å². The second-order valence-corrected chi connectivity index (χ2v) is 25.1. The fourth-order valence-electron chi connectivity index (χ4n) is 4.53. The molecule has 5 N–H and O–H groups in total. The van der Waals surface area contributed by atoms with Gasteiger partial charge >= 0.3 is 60.7 Å². The Hall–Kier alpha value is -3.90. The summed E-state index contributed by atoms with van der Waals surface area (Å²) in [4.78, 5) is 57.6. The van der Waals surface area contributed by atoms with Gasteiger partial charge in [0.05, 0.1) is 40.3 Å². The zero-order valence-corrected chi connectivity index (χ0v) is 53.6. The first-order chi connectivity index (χ1) is 37.5. The summed E-state index contributed by atoms with van der Waals surface area (Å²) in [6.07, 6.45) is -25.8. The van der Waals surface area contributed by atoms with Crippen LogP contribution in [0.25, 0.3) is 0 Å². The molecule has 0 saturated carbocycles. The third kappa shape index (κ3) is 31.5. The summed E-state index contributed by atoms with van der Waals surface area (Å²) in [6.45, 7) is 29.1. The average Bonchev–Trinajstić information content (AvgIpc) is 3.32. The second-order valence-electron chi connectivity index (χ2n) is 25.1. The van der Waals surface area contributed by atoms with Crippen molar-refractivity contribution in [2.45, 2.75) is 281 Å². The molecule has 0 aromatic carbocycles. The number of carbonyl (C=O) groups excluding carboxylic acids is 5. The highest BCUT2D eigenvalue weighted by atomic mass is 19.4. The lowest BCUT2D eigenvalue weighted by Crippen LogP contribution is -2.53. The predicted molar refractivity (Wildman–Crippen MR) is 286 cm³/mol. The van der Waals surface area contributed by atoms with Gasteiger partial charge in [-0.05, 0) is 163 Å². The van der Waals surface area contributed by atoms with E-state index in [9.17, 15) is 100 Å². The molecule has 0 aromatic heterocycles. The maximum absolute atomic E-state index is 12.5. The van der Waals surface area contributed by atoms with Crippen molar-refractivity contribution >= 4 is 29.8 Å². The van der Waals surface area contributed by atoms with Crippen LogP contribution in [0.15, 0.2) is 0 Å². The minimum absolute atomic E-state index is 0.0297. The quantitative estimate of drug-likeness (QED) is 0.0262. The molecule has 0 radical (unpaired) electrons. The zero-order chi connectivity index (χ0) is 70.6. The topological polar surface area (TPSA) is 233 Å². The maximum atomic E-state index is 12.5. The summed E-state index contributed by atoms with van der Waals surface area (Å²) in [5.41, 5.74) is -18.3. The largest absolute Gasteiger partial charge is 0.465 e. The van der Waals surface area contributed by atoms with Crippen molar-refractivity contribution in [1.82, 2.24) is 0 Å². The summed E-state index contributed by atoms with van der Waals surface area (Å²) in [6, 6.07) is 0. The number of rotatable bonds is 24. The Balaban J connectivity index is -0.000000318. The van der Waals surface area contributed by atoms with E-state index in [2.05, 4.69) is 9.47 Å². The highest BCUT2D eigenvalue weighted by Crippen LogP contribution is 2.38. The molecule has 0 amide bonds. The smallest absolute Gasteiger partial charge is 0.420 e. The van der Waals surface area contributed by atoms with E-state index in [0.29, 0.717) is 66.7 Å². The Morgan fingerprint density at radius 3 is 0.907 bits per heavy atom. The fourth-order valence-corrected chi connectivity index (χ4v) is 4.53. The number of aliphatic hydroxyl groups is 5. The first-order valence-electron chi connectivity index (χ1n) is 27.4. The summed E-state index contributed by atoms with van der Waals surface area (Å²) < 4.78 is 209. The average molecular weight is 1300 g/mol. The molecule has 7 atom stereocenters. The Labute approximate surface area is 496 Å². The van der Waals surface area contributed by atoms with Crippen LogP contribution in [0.4, 0.5) is 65.9 Å². The molecule has 0 aliphatic carbocycles. The van der Waals surface area contributed by atoms with Crippen LogP contribution in [0.3, 0.4) is 0 Å². The summed E-state index contributed by atoms with van der Waals surface area (Å²) in [7, 11) is 0. The molecule has 7 unspecified atom stereocenters. The molecule has 0 spiro atoms. The zero-order valence-electron chi connectivity index (χ0n) is 53.6. The molecule has 30 heteroatoms. The number of ether oxygens (including phenoxy) is 5. The third-order valence-electron chi connectivity index (χ3n) is 14.6. The van der Waals surface area contributed by atoms with Gasteiger partial charge < -0.3 is 49.2 Å². The molecule has 86 heavy (non-hydrogen) atoms. The lowest BCUT2D eigenvalue weighted by atomic mass is 9.90. The maximum Gasteiger partial charge on any atom is 0.420 e. The summed E-state index contributed by atoms with van der Waals surface area (Å²) >= 11 is 0. The monoisotopic (exact) mass is 1290 g/mol. The van der Waals surface area contributed by atoms with Crippen LogP contribution < -0.4 is 0 Å². The number of alkyl halides is 15.